The van der Waals surface area contributed by atoms with Gasteiger partial charge in [-0.2, -0.15) is 8.42 Å². The van der Waals surface area contributed by atoms with Gasteiger partial charge in [0.2, 0.25) is 9.05 Å². The van der Waals surface area contributed by atoms with Crippen LogP contribution < -0.4 is 61.0 Å². The van der Waals surface area contributed by atoms with Gasteiger partial charge in [0.15, 0.2) is 0 Å². The molecule has 0 bridgehead atoms. The molecule has 1 aromatic carbocycles. The minimum atomic E-state index is -5.59. The van der Waals surface area contributed by atoms with E-state index in [1.54, 1.807) is 0 Å². The van der Waals surface area contributed by atoms with Gasteiger partial charge in [0, 0.05) is 10.7 Å². The average molecular weight is 409 g/mol. The number of hydrogen-bond acceptors (Lipinski definition) is 5. The first-order valence-corrected chi connectivity index (χ1v) is 8.87. The second kappa shape index (κ2) is 7.68. The molecule has 0 aromatic heterocycles. The molecule has 0 radical (unpaired) electrons. The predicted octanol–water partition coefficient (Wildman–Crippen LogP) is -1.28. The molecule has 0 N–H and O–H groups in total. The van der Waals surface area contributed by atoms with E-state index in [9.17, 15) is 33.7 Å². The molecule has 0 spiro atoms. The van der Waals surface area contributed by atoms with Gasteiger partial charge >= 0.3 is 68.9 Å². The van der Waals surface area contributed by atoms with E-state index in [-0.39, 0.29) is 63.0 Å². The molecule has 22 heavy (non-hydrogen) atoms. The van der Waals surface area contributed by atoms with Gasteiger partial charge < -0.3 is 17.1 Å². The third kappa shape index (κ3) is 7.47. The van der Waals surface area contributed by atoms with Gasteiger partial charge in [0.05, 0.1) is 5.75 Å². The number of rotatable bonds is 5. The van der Waals surface area contributed by atoms with Crippen LogP contribution >= 0.6 is 10.7 Å². The Morgan fingerprint density at radius 1 is 1.18 bits per heavy atom. The molecule has 0 amide bonds. The van der Waals surface area contributed by atoms with Crippen LogP contribution in [-0.4, -0.2) is 23.8 Å². The van der Waals surface area contributed by atoms with Crippen molar-refractivity contribution in [1.29, 1.82) is 0 Å². The van der Waals surface area contributed by atoms with Crippen molar-refractivity contribution in [1.82, 2.24) is 0 Å². The van der Waals surface area contributed by atoms with Crippen LogP contribution in [0.4, 0.5) is 16.8 Å². The summed E-state index contributed by atoms with van der Waals surface area (Å²) in [7, 11) is -4.82. The molecule has 5 nitrogen and oxygen atoms in total. The van der Waals surface area contributed by atoms with Crippen molar-refractivity contribution in [2.45, 2.75) is 12.7 Å². The van der Waals surface area contributed by atoms with Crippen molar-refractivity contribution in [2.75, 3.05) is 0 Å². The number of benzene rings is 1. The van der Waals surface area contributed by atoms with E-state index >= 15 is 0 Å². The monoisotopic (exact) mass is 408 g/mol. The number of halogens is 5. The van der Waals surface area contributed by atoms with Crippen LogP contribution in [0.3, 0.4) is 0 Å². The molecule has 0 saturated carbocycles. The number of hydrogen-bond donors (Lipinski definition) is 0. The Morgan fingerprint density at radius 2 is 1.68 bits per heavy atom. The second-order valence-electron chi connectivity index (χ2n) is 4.04. The van der Waals surface area contributed by atoms with Crippen LogP contribution in [-0.2, 0) is 25.3 Å². The second-order valence-corrected chi connectivity index (χ2v) is 7.77. The Hall–Kier alpha value is 0.631. The van der Waals surface area contributed by atoms with Gasteiger partial charge in [-0.05, 0) is 24.1 Å². The van der Waals surface area contributed by atoms with Crippen LogP contribution in [0.5, 0.6) is 5.75 Å². The van der Waals surface area contributed by atoms with Crippen LogP contribution in [0.15, 0.2) is 12.1 Å². The Balaban J connectivity index is 0.00000441. The Morgan fingerprint density at radius 3 is 2.05 bits per heavy atom. The van der Waals surface area contributed by atoms with E-state index in [0.29, 0.717) is 6.07 Å². The Bertz CT molecular complexity index is 710. The van der Waals surface area contributed by atoms with E-state index in [1.165, 1.54) is 0 Å². The largest absolute Gasteiger partial charge is 1.00 e. The van der Waals surface area contributed by atoms with Gasteiger partial charge in [-0.25, -0.2) is 8.42 Å². The topological polar surface area (TPSA) is 77.5 Å². The molecular weight excluding hydrogens is 402 g/mol. The van der Waals surface area contributed by atoms with Crippen molar-refractivity contribution in [3.63, 3.8) is 0 Å². The molecule has 0 heterocycles. The van der Waals surface area contributed by atoms with E-state index in [1.807, 2.05) is 0 Å². The van der Waals surface area contributed by atoms with Crippen LogP contribution in [0.1, 0.15) is 11.1 Å². The minimum absolute atomic E-state index is 0. The summed E-state index contributed by atoms with van der Waals surface area (Å²) in [5, 5.41) is 0. The van der Waals surface area contributed by atoms with Crippen molar-refractivity contribution in [3.05, 3.63) is 23.3 Å². The quantitative estimate of drug-likeness (QED) is 0.344. The third-order valence-corrected chi connectivity index (χ3v) is 3.75. The standard InChI is InChI=1S/C8H7BClF4O5S2.K/c1-5-6(4-20(10,15)16)2-7(9(11,12)13)3-8(5)19-21(14,17)18;/h2-3H,4H2,1H3;/q-1;+1. The van der Waals surface area contributed by atoms with E-state index in [4.69, 9.17) is 10.7 Å². The fourth-order valence-electron chi connectivity index (χ4n) is 1.49. The maximum absolute atomic E-state index is 12.7. The summed E-state index contributed by atoms with van der Waals surface area (Å²) >= 11 is 0. The summed E-state index contributed by atoms with van der Waals surface area (Å²) in [5.41, 5.74) is -2.07. The molecule has 0 aliphatic heterocycles. The Kier molecular flexibility index (Phi) is 7.90. The van der Waals surface area contributed by atoms with Crippen molar-refractivity contribution in [3.8, 4) is 5.75 Å². The maximum Gasteiger partial charge on any atom is 1.00 e. The van der Waals surface area contributed by atoms with E-state index in [0.717, 1.165) is 6.92 Å². The maximum atomic E-state index is 12.7. The minimum Gasteiger partial charge on any atom is -0.445 e. The zero-order chi connectivity index (χ0) is 16.6. The van der Waals surface area contributed by atoms with Gasteiger partial charge in [-0.1, -0.05) is 9.95 Å². The van der Waals surface area contributed by atoms with Crippen LogP contribution in [0.25, 0.3) is 0 Å². The van der Waals surface area contributed by atoms with E-state index in [2.05, 4.69) is 4.18 Å². The summed E-state index contributed by atoms with van der Waals surface area (Å²) in [6.07, 6.45) is 0. The SMILES string of the molecule is Cc1c(CS(=O)(=O)Cl)cc([B-](F)(F)F)cc1OS(=O)(=O)F.[K+]. The predicted molar refractivity (Wildman–Crippen MR) is 69.0 cm³/mol. The summed E-state index contributed by atoms with van der Waals surface area (Å²) in [5.74, 6) is -1.95. The first kappa shape index (κ1) is 22.6. The molecule has 1 aromatic rings. The molecule has 14 heteroatoms. The molecule has 0 aliphatic rings. The van der Waals surface area contributed by atoms with Crippen molar-refractivity contribution in [2.24, 2.45) is 0 Å². The summed E-state index contributed by atoms with van der Waals surface area (Å²) in [6, 6.07) is 0.768. The smallest absolute Gasteiger partial charge is 0.445 e. The summed E-state index contributed by atoms with van der Waals surface area (Å²) < 4.78 is 97.2. The van der Waals surface area contributed by atoms with E-state index < -0.39 is 49.1 Å². The average Bonchev–Trinajstić information content (AvgIpc) is 2.18. The fraction of sp³-hybridized carbons (Fsp3) is 0.250. The molecule has 0 atom stereocenters. The van der Waals surface area contributed by atoms with Gasteiger partial charge in [-0.3, -0.25) is 0 Å². The zero-order valence-corrected chi connectivity index (χ0v) is 16.7. The zero-order valence-electron chi connectivity index (χ0n) is 11.2. The molecule has 1 rings (SSSR count). The third-order valence-electron chi connectivity index (χ3n) is 2.39. The fourth-order valence-corrected chi connectivity index (χ4v) is 2.90. The van der Waals surface area contributed by atoms with Crippen LogP contribution in [0, 0.1) is 6.92 Å². The van der Waals surface area contributed by atoms with Gasteiger partial charge in [-0.15, -0.1) is 5.46 Å². The molecule has 0 aliphatic carbocycles. The van der Waals surface area contributed by atoms with Gasteiger partial charge in [0.1, 0.15) is 5.75 Å². The molecular formula is C8H7BClF4KO5S2. The summed E-state index contributed by atoms with van der Waals surface area (Å²) in [4.78, 5) is 0. The normalized spacial score (nSPS) is 12.6. The van der Waals surface area contributed by atoms with Crippen molar-refractivity contribution >= 4 is 42.7 Å². The Labute approximate surface area is 171 Å². The molecule has 0 saturated heterocycles. The van der Waals surface area contributed by atoms with Gasteiger partial charge in [0.25, 0.3) is 0 Å². The van der Waals surface area contributed by atoms with Crippen molar-refractivity contribution < 1.29 is 89.2 Å². The molecule has 0 fully saturated rings. The van der Waals surface area contributed by atoms with Crippen LogP contribution in [0.2, 0.25) is 0 Å². The first-order valence-electron chi connectivity index (χ1n) is 5.09. The molecule has 120 valence electrons. The first-order chi connectivity index (χ1) is 9.19. The summed E-state index contributed by atoms with van der Waals surface area (Å²) in [6.45, 7) is -4.51. The molecule has 0 unspecified atom stereocenters.